The Labute approximate surface area is 348 Å². The predicted molar refractivity (Wildman–Crippen MR) is 226 cm³/mol. The SMILES string of the molecule is CN/N=C(/Cc1ccc(F)c(C(=O)N2CCN(C(=O)CNCCOCCNC(=O)c3ncc(-c4ccccc4)cc3NC(=O)OC(C)(C)C)CC2)c1)c1ccccc1C=O. The molecule has 4 aromatic rings. The molecule has 0 radical (unpaired) electrons. The van der Waals surface area contributed by atoms with Crippen LogP contribution in [0.3, 0.4) is 0 Å². The number of hydrogen-bond donors (Lipinski definition) is 4. The molecule has 316 valence electrons. The van der Waals surface area contributed by atoms with Gasteiger partial charge in [0.05, 0.1) is 36.7 Å². The van der Waals surface area contributed by atoms with Crippen LogP contribution in [0.25, 0.3) is 11.1 Å². The van der Waals surface area contributed by atoms with Gasteiger partial charge in [-0.1, -0.05) is 60.7 Å². The number of amides is 4. The van der Waals surface area contributed by atoms with E-state index in [2.05, 4.69) is 31.5 Å². The van der Waals surface area contributed by atoms with E-state index in [1.165, 1.54) is 17.0 Å². The van der Waals surface area contributed by atoms with Gasteiger partial charge in [0.2, 0.25) is 5.91 Å². The third-order valence-corrected chi connectivity index (χ3v) is 9.27. The number of nitrogens with one attached hydrogen (secondary N) is 4. The number of carbonyl (C=O) groups excluding carboxylic acids is 5. The van der Waals surface area contributed by atoms with Crippen molar-refractivity contribution < 1.29 is 37.8 Å². The third-order valence-electron chi connectivity index (χ3n) is 9.27. The van der Waals surface area contributed by atoms with Crippen LogP contribution < -0.4 is 21.4 Å². The maximum absolute atomic E-state index is 15.0. The van der Waals surface area contributed by atoms with Crippen molar-refractivity contribution in [2.45, 2.75) is 32.8 Å². The summed E-state index contributed by atoms with van der Waals surface area (Å²) >= 11 is 0. The number of rotatable bonds is 17. The molecule has 16 heteroatoms. The van der Waals surface area contributed by atoms with Crippen molar-refractivity contribution in [3.05, 3.63) is 119 Å². The van der Waals surface area contributed by atoms with Crippen LogP contribution >= 0.6 is 0 Å². The minimum absolute atomic E-state index is 0.0203. The third kappa shape index (κ3) is 12.7. The maximum atomic E-state index is 15.0. The summed E-state index contributed by atoms with van der Waals surface area (Å²) in [6.07, 6.45) is 1.85. The molecule has 4 amide bonds. The first-order chi connectivity index (χ1) is 28.9. The summed E-state index contributed by atoms with van der Waals surface area (Å²) in [7, 11) is 1.64. The highest BCUT2D eigenvalue weighted by Crippen LogP contribution is 2.25. The van der Waals surface area contributed by atoms with E-state index in [-0.39, 0.29) is 68.7 Å². The van der Waals surface area contributed by atoms with Gasteiger partial charge in [-0.05, 0) is 50.1 Å². The van der Waals surface area contributed by atoms with Gasteiger partial charge >= 0.3 is 6.09 Å². The molecule has 1 saturated heterocycles. The largest absolute Gasteiger partial charge is 0.444 e. The van der Waals surface area contributed by atoms with Gasteiger partial charge in [0, 0.05) is 75.6 Å². The van der Waals surface area contributed by atoms with Crippen LogP contribution in [0.1, 0.15) is 63.1 Å². The van der Waals surface area contributed by atoms with Crippen molar-refractivity contribution in [2.75, 3.05) is 71.4 Å². The Morgan fingerprint density at radius 2 is 1.57 bits per heavy atom. The van der Waals surface area contributed by atoms with Crippen molar-refractivity contribution in [3.63, 3.8) is 0 Å². The average molecular weight is 823 g/mol. The molecule has 5 rings (SSSR count). The Hall–Kier alpha value is -6.52. The number of hydrazone groups is 1. The van der Waals surface area contributed by atoms with Gasteiger partial charge in [-0.2, -0.15) is 5.10 Å². The minimum Gasteiger partial charge on any atom is -0.444 e. The lowest BCUT2D eigenvalue weighted by molar-refractivity contribution is -0.131. The normalized spacial score (nSPS) is 13.1. The van der Waals surface area contributed by atoms with Gasteiger partial charge in [0.1, 0.15) is 11.4 Å². The van der Waals surface area contributed by atoms with E-state index < -0.39 is 29.3 Å². The van der Waals surface area contributed by atoms with Gasteiger partial charge < -0.3 is 35.3 Å². The average Bonchev–Trinajstić information content (AvgIpc) is 3.24. The molecule has 0 unspecified atom stereocenters. The summed E-state index contributed by atoms with van der Waals surface area (Å²) in [5.74, 6) is -1.76. The van der Waals surface area contributed by atoms with Crippen LogP contribution in [0.2, 0.25) is 0 Å². The Morgan fingerprint density at radius 1 is 0.867 bits per heavy atom. The van der Waals surface area contributed by atoms with E-state index in [1.54, 1.807) is 75.3 Å². The summed E-state index contributed by atoms with van der Waals surface area (Å²) in [4.78, 5) is 71.2. The molecule has 15 nitrogen and oxygen atoms in total. The smallest absolute Gasteiger partial charge is 0.412 e. The molecule has 1 aliphatic heterocycles. The van der Waals surface area contributed by atoms with Crippen LogP contribution in [0.15, 0.2) is 90.2 Å². The van der Waals surface area contributed by atoms with Crippen LogP contribution in [0.5, 0.6) is 0 Å². The van der Waals surface area contributed by atoms with Gasteiger partial charge in [0.15, 0.2) is 12.0 Å². The summed E-state index contributed by atoms with van der Waals surface area (Å²) in [5, 5.41) is 12.8. The van der Waals surface area contributed by atoms with Crippen LogP contribution in [0.4, 0.5) is 14.9 Å². The van der Waals surface area contributed by atoms with Crippen molar-refractivity contribution in [3.8, 4) is 11.1 Å². The highest BCUT2D eigenvalue weighted by atomic mass is 19.1. The molecule has 0 saturated carbocycles. The molecule has 0 aliphatic carbocycles. The van der Waals surface area contributed by atoms with Gasteiger partial charge in [-0.25, -0.2) is 14.2 Å². The van der Waals surface area contributed by atoms with E-state index in [1.807, 2.05) is 30.3 Å². The van der Waals surface area contributed by atoms with E-state index in [4.69, 9.17) is 9.47 Å². The van der Waals surface area contributed by atoms with Gasteiger partial charge in [-0.3, -0.25) is 24.5 Å². The first-order valence-corrected chi connectivity index (χ1v) is 19.6. The van der Waals surface area contributed by atoms with Crippen LogP contribution in [-0.4, -0.2) is 122 Å². The Balaban J connectivity index is 1.02. The molecule has 2 heterocycles. The number of aromatic nitrogens is 1. The highest BCUT2D eigenvalue weighted by molar-refractivity contribution is 6.07. The quantitative estimate of drug-likeness (QED) is 0.0511. The standard InChI is InChI=1S/C44H51FN8O7/c1-44(2,3)60-43(58)50-38-26-33(31-10-6-5-7-11-31)27-49-40(38)41(56)48-17-23-59-22-16-47-28-39(55)52-18-20-53(21-19-52)42(57)35-24-30(14-15-36(35)45)25-37(51-46-4)34-13-9-8-12-32(34)29-54/h5-15,24,26-27,29,46-47H,16-23,25,28H2,1-4H3,(H,48,56)(H,50,58)/b51-37-. The number of anilines is 1. The number of hydrogen-bond acceptors (Lipinski definition) is 11. The Kier molecular flexibility index (Phi) is 16.0. The molecule has 0 bridgehead atoms. The molecule has 60 heavy (non-hydrogen) atoms. The fourth-order valence-corrected chi connectivity index (χ4v) is 6.38. The number of nitrogens with zero attached hydrogens (tertiary/aromatic N) is 4. The molecular formula is C44H51FN8O7. The predicted octanol–water partition coefficient (Wildman–Crippen LogP) is 4.53. The van der Waals surface area contributed by atoms with E-state index in [0.29, 0.717) is 47.6 Å². The molecule has 1 aromatic heterocycles. The molecular weight excluding hydrogens is 772 g/mol. The second-order valence-electron chi connectivity index (χ2n) is 14.8. The van der Waals surface area contributed by atoms with Crippen molar-refractivity contribution >= 4 is 41.5 Å². The maximum Gasteiger partial charge on any atom is 0.412 e. The number of pyridine rings is 1. The van der Waals surface area contributed by atoms with Gasteiger partial charge in [0.25, 0.3) is 11.8 Å². The molecule has 0 spiro atoms. The first-order valence-electron chi connectivity index (χ1n) is 19.6. The molecule has 0 atom stereocenters. The number of ether oxygens (including phenoxy) is 2. The molecule has 4 N–H and O–H groups in total. The van der Waals surface area contributed by atoms with Crippen molar-refractivity contribution in [1.29, 1.82) is 0 Å². The summed E-state index contributed by atoms with van der Waals surface area (Å²) in [6.45, 7) is 7.38. The van der Waals surface area contributed by atoms with E-state index >= 15 is 0 Å². The van der Waals surface area contributed by atoms with Crippen molar-refractivity contribution in [2.24, 2.45) is 5.10 Å². The minimum atomic E-state index is -0.740. The summed E-state index contributed by atoms with van der Waals surface area (Å²) in [5.41, 5.74) is 6.04. The lowest BCUT2D eigenvalue weighted by atomic mass is 9.97. The van der Waals surface area contributed by atoms with E-state index in [9.17, 15) is 28.4 Å². The number of carbonyl (C=O) groups is 5. The molecule has 1 fully saturated rings. The topological polar surface area (TPSA) is 184 Å². The Bertz CT molecular complexity index is 2170. The second kappa shape index (κ2) is 21.5. The van der Waals surface area contributed by atoms with Crippen LogP contribution in [0, 0.1) is 5.82 Å². The van der Waals surface area contributed by atoms with Gasteiger partial charge in [-0.15, -0.1) is 0 Å². The van der Waals surface area contributed by atoms with E-state index in [0.717, 1.165) is 11.8 Å². The van der Waals surface area contributed by atoms with Crippen LogP contribution in [-0.2, 0) is 20.7 Å². The highest BCUT2D eigenvalue weighted by Gasteiger charge is 2.27. The number of benzene rings is 3. The Morgan fingerprint density at radius 3 is 2.28 bits per heavy atom. The lowest BCUT2D eigenvalue weighted by Crippen LogP contribution is -2.52. The zero-order valence-electron chi connectivity index (χ0n) is 34.3. The zero-order valence-corrected chi connectivity index (χ0v) is 34.3. The monoisotopic (exact) mass is 822 g/mol. The first kappa shape index (κ1) is 44.6. The van der Waals surface area contributed by atoms with Crippen molar-refractivity contribution in [1.82, 2.24) is 30.8 Å². The zero-order chi connectivity index (χ0) is 43.1. The fourth-order valence-electron chi connectivity index (χ4n) is 6.38. The lowest BCUT2D eigenvalue weighted by Gasteiger charge is -2.35. The number of halogens is 1. The fraction of sp³-hybridized carbons (Fsp3) is 0.341. The summed E-state index contributed by atoms with van der Waals surface area (Å²) < 4.78 is 26.0. The molecule has 1 aliphatic rings. The number of aldehydes is 1. The number of piperazine rings is 1. The second-order valence-corrected chi connectivity index (χ2v) is 14.8. The summed E-state index contributed by atoms with van der Waals surface area (Å²) in [6, 6.07) is 22.5. The molecule has 3 aromatic carbocycles.